The van der Waals surface area contributed by atoms with Gasteiger partial charge in [-0.2, -0.15) is 0 Å². The van der Waals surface area contributed by atoms with Gasteiger partial charge in [-0.15, -0.1) is 0 Å². The number of hydrogen-bond acceptors (Lipinski definition) is 3. The first kappa shape index (κ1) is 13.0. The molecule has 0 unspecified atom stereocenters. The number of benzene rings is 1. The fourth-order valence-electron chi connectivity index (χ4n) is 1.00. The minimum absolute atomic E-state index is 0.179. The summed E-state index contributed by atoms with van der Waals surface area (Å²) >= 11 is -0.237. The van der Waals surface area contributed by atoms with E-state index in [1.54, 1.807) is 0 Å². The van der Waals surface area contributed by atoms with Crippen LogP contribution in [-0.2, 0) is 9.53 Å². The van der Waals surface area contributed by atoms with Gasteiger partial charge in [0.1, 0.15) is 0 Å². The number of aliphatic hydroxyl groups is 1. The third-order valence-electron chi connectivity index (χ3n) is 1.75. The molecular weight excluding hydrogens is 319 g/mol. The van der Waals surface area contributed by atoms with Crippen LogP contribution in [0, 0.1) is 3.57 Å². The third kappa shape index (κ3) is 5.75. The van der Waals surface area contributed by atoms with Crippen molar-refractivity contribution < 1.29 is 35.8 Å². The molecule has 4 heteroatoms. The first-order valence-corrected chi connectivity index (χ1v) is 7.45. The molecular formula is C12H14IO3+. The number of carbonyl (C=O) groups is 1. The van der Waals surface area contributed by atoms with E-state index in [4.69, 9.17) is 9.84 Å². The predicted octanol–water partition coefficient (Wildman–Crippen LogP) is -1.05. The lowest BCUT2D eigenvalue weighted by Gasteiger charge is -1.99. The van der Waals surface area contributed by atoms with Gasteiger partial charge in [-0.05, 0) is 18.7 Å². The summed E-state index contributed by atoms with van der Waals surface area (Å²) < 4.78 is 6.60. The highest BCUT2D eigenvalue weighted by Crippen LogP contribution is 1.89. The van der Waals surface area contributed by atoms with Crippen LogP contribution < -0.4 is 21.2 Å². The Morgan fingerprint density at radius 2 is 2.06 bits per heavy atom. The molecule has 0 saturated heterocycles. The quantitative estimate of drug-likeness (QED) is 0.394. The van der Waals surface area contributed by atoms with Crippen LogP contribution in [0.4, 0.5) is 0 Å². The monoisotopic (exact) mass is 333 g/mol. The number of carbonyl (C=O) groups excluding carboxylic acids is 1. The summed E-state index contributed by atoms with van der Waals surface area (Å²) in [5.41, 5.74) is 0. The lowest BCUT2D eigenvalue weighted by molar-refractivity contribution is -0.615. The van der Waals surface area contributed by atoms with E-state index in [9.17, 15) is 4.79 Å². The highest BCUT2D eigenvalue weighted by atomic mass is 127. The Labute approximate surface area is 105 Å². The van der Waals surface area contributed by atoms with Gasteiger partial charge in [-0.25, -0.2) is 0 Å². The Balaban J connectivity index is 2.18. The van der Waals surface area contributed by atoms with E-state index < -0.39 is 0 Å². The van der Waals surface area contributed by atoms with E-state index in [2.05, 4.69) is 6.58 Å². The molecule has 0 aromatic heterocycles. The molecule has 1 aromatic rings. The van der Waals surface area contributed by atoms with E-state index >= 15 is 0 Å². The van der Waals surface area contributed by atoms with Crippen molar-refractivity contribution in [3.63, 3.8) is 0 Å². The summed E-state index contributed by atoms with van der Waals surface area (Å²) in [5.74, 6) is -0.150. The maximum Gasteiger partial charge on any atom is 0.321 e. The molecule has 0 heterocycles. The molecule has 0 aliphatic carbocycles. The van der Waals surface area contributed by atoms with Gasteiger partial charge in [0.05, 0.1) is 6.61 Å². The molecule has 0 atom stereocenters. The SMILES string of the molecule is C=C(O)OCCC(=O)C[I+]c1ccccc1. The lowest BCUT2D eigenvalue weighted by Crippen LogP contribution is -3.63. The molecule has 0 bridgehead atoms. The van der Waals surface area contributed by atoms with E-state index in [1.165, 1.54) is 3.57 Å². The smallest absolute Gasteiger partial charge is 0.321 e. The molecule has 1 rings (SSSR count). The molecule has 16 heavy (non-hydrogen) atoms. The first-order valence-electron chi connectivity index (χ1n) is 4.85. The maximum absolute atomic E-state index is 11.4. The molecule has 0 saturated carbocycles. The van der Waals surface area contributed by atoms with Crippen molar-refractivity contribution in [1.82, 2.24) is 0 Å². The Morgan fingerprint density at radius 1 is 1.38 bits per heavy atom. The summed E-state index contributed by atoms with van der Waals surface area (Å²) in [6.45, 7) is 3.39. The van der Waals surface area contributed by atoms with E-state index in [-0.39, 0.29) is 39.5 Å². The average Bonchev–Trinajstić information content (AvgIpc) is 2.27. The zero-order valence-corrected chi connectivity index (χ0v) is 11.0. The van der Waals surface area contributed by atoms with E-state index in [1.807, 2.05) is 30.3 Å². The molecule has 0 spiro atoms. The molecule has 86 valence electrons. The second kappa shape index (κ2) is 7.27. The van der Waals surface area contributed by atoms with Crippen LogP contribution in [0.2, 0.25) is 0 Å². The number of halogens is 1. The zero-order valence-electron chi connectivity index (χ0n) is 8.86. The minimum Gasteiger partial charge on any atom is -0.481 e. The van der Waals surface area contributed by atoms with Gasteiger partial charge >= 0.3 is 21.2 Å². The molecule has 0 aliphatic rings. The Kier molecular flexibility index (Phi) is 5.92. The molecule has 1 aromatic carbocycles. The topological polar surface area (TPSA) is 46.5 Å². The zero-order chi connectivity index (χ0) is 11.8. The van der Waals surface area contributed by atoms with E-state index in [0.717, 1.165) is 0 Å². The predicted molar refractivity (Wildman–Crippen MR) is 57.4 cm³/mol. The summed E-state index contributed by atoms with van der Waals surface area (Å²) in [6, 6.07) is 10.0. The highest BCUT2D eigenvalue weighted by Gasteiger charge is 2.16. The van der Waals surface area contributed by atoms with Gasteiger partial charge in [-0.3, -0.25) is 4.79 Å². The minimum atomic E-state index is -0.328. The summed E-state index contributed by atoms with van der Waals surface area (Å²) in [7, 11) is 0. The highest BCUT2D eigenvalue weighted by molar-refractivity contribution is 5.79. The normalized spacial score (nSPS) is 9.75. The van der Waals surface area contributed by atoms with Crippen molar-refractivity contribution >= 4 is 5.78 Å². The number of ketones is 1. The van der Waals surface area contributed by atoms with Gasteiger partial charge in [0.15, 0.2) is 9.35 Å². The number of aliphatic hydroxyl groups excluding tert-OH is 1. The number of ether oxygens (including phenoxy) is 1. The summed E-state index contributed by atoms with van der Waals surface area (Å²) in [5, 5.41) is 8.65. The van der Waals surface area contributed by atoms with Crippen LogP contribution in [-0.4, -0.2) is 21.9 Å². The maximum atomic E-state index is 11.4. The summed E-state index contributed by atoms with van der Waals surface area (Å²) in [4.78, 5) is 11.4. The number of hydrogen-bond donors (Lipinski definition) is 1. The van der Waals surface area contributed by atoms with Crippen LogP contribution in [0.5, 0.6) is 0 Å². The molecule has 0 radical (unpaired) electrons. The second-order valence-electron chi connectivity index (χ2n) is 3.09. The molecule has 0 aliphatic heterocycles. The van der Waals surface area contributed by atoms with Gasteiger partial charge in [0, 0.05) is 6.42 Å². The Bertz CT molecular complexity index is 349. The van der Waals surface area contributed by atoms with Crippen LogP contribution in [0.1, 0.15) is 6.42 Å². The van der Waals surface area contributed by atoms with Crippen LogP contribution >= 0.6 is 0 Å². The van der Waals surface area contributed by atoms with Crippen molar-refractivity contribution in [1.29, 1.82) is 0 Å². The van der Waals surface area contributed by atoms with Crippen molar-refractivity contribution in [3.05, 3.63) is 46.4 Å². The Morgan fingerprint density at radius 3 is 2.69 bits per heavy atom. The van der Waals surface area contributed by atoms with Crippen molar-refractivity contribution in [3.8, 4) is 0 Å². The summed E-state index contributed by atoms with van der Waals surface area (Å²) in [6.07, 6.45) is 0.339. The van der Waals surface area contributed by atoms with Gasteiger partial charge in [0.2, 0.25) is 4.43 Å². The lowest BCUT2D eigenvalue weighted by atomic mass is 10.3. The van der Waals surface area contributed by atoms with Gasteiger partial charge in [-0.1, -0.05) is 18.2 Å². The van der Waals surface area contributed by atoms with E-state index in [0.29, 0.717) is 10.8 Å². The fourth-order valence-corrected chi connectivity index (χ4v) is 3.18. The second-order valence-corrected chi connectivity index (χ2v) is 5.86. The van der Waals surface area contributed by atoms with Crippen LogP contribution in [0.3, 0.4) is 0 Å². The first-order chi connectivity index (χ1) is 7.68. The van der Waals surface area contributed by atoms with Crippen molar-refractivity contribution in [2.45, 2.75) is 6.42 Å². The fraction of sp³-hybridized carbons (Fsp3) is 0.250. The van der Waals surface area contributed by atoms with Gasteiger partial charge < -0.3 is 9.84 Å². The van der Waals surface area contributed by atoms with Crippen molar-refractivity contribution in [2.75, 3.05) is 11.0 Å². The largest absolute Gasteiger partial charge is 0.481 e. The van der Waals surface area contributed by atoms with Crippen LogP contribution in [0.25, 0.3) is 0 Å². The molecule has 1 N–H and O–H groups in total. The molecule has 3 nitrogen and oxygen atoms in total. The number of Topliss-reactive ketones (excluding diaryl/α,β-unsaturated/α-hetero) is 1. The van der Waals surface area contributed by atoms with Crippen LogP contribution in [0.15, 0.2) is 42.9 Å². The average molecular weight is 333 g/mol. The van der Waals surface area contributed by atoms with Gasteiger partial charge in [0.25, 0.3) is 5.95 Å². The number of rotatable bonds is 7. The third-order valence-corrected chi connectivity index (χ3v) is 4.58. The molecule has 0 fully saturated rings. The Hall–Kier alpha value is -1.04. The van der Waals surface area contributed by atoms with Crippen molar-refractivity contribution in [2.24, 2.45) is 0 Å². The number of alkyl halides is 1. The molecule has 0 amide bonds. The standard InChI is InChI=1S/C12H13IO3/c1-10(14)16-8-7-12(15)9-13-11-5-3-2-4-6-11/h2-6H,1,7-9H2/p+1.